The number of nitrogens with zero attached hydrogens (tertiary/aromatic N) is 2. The molecule has 24 rings (SSSR count). The maximum atomic E-state index is 14.1. The molecule has 0 N–H and O–H groups in total. The Balaban J connectivity index is 0.630. The second-order valence-corrected chi connectivity index (χ2v) is 42.1. The third-order valence-corrected chi connectivity index (χ3v) is 38.3. The molecular weight excluding hydrogens is 1630 g/mol. The van der Waals surface area contributed by atoms with Crippen LogP contribution in [0.4, 0.5) is 36.3 Å². The normalized spacial score (nSPS) is 24.5. The minimum absolute atomic E-state index is 0.0468. The number of hydrogen-bond acceptors (Lipinski definition) is 18. The number of benzene rings is 3. The van der Waals surface area contributed by atoms with Crippen LogP contribution in [0.2, 0.25) is 0 Å². The first-order valence-corrected chi connectivity index (χ1v) is 46.1. The Kier molecular flexibility index (Phi) is 15.0. The summed E-state index contributed by atoms with van der Waals surface area (Å²) in [4.78, 5) is 132. The summed E-state index contributed by atoms with van der Waals surface area (Å²) in [5.74, 6) is -4.90. The molecule has 0 radical (unpaired) electrons. The van der Waals surface area contributed by atoms with Crippen LogP contribution in [0.15, 0.2) is 150 Å². The summed E-state index contributed by atoms with van der Waals surface area (Å²) in [6.07, 6.45) is 14.3. The van der Waals surface area contributed by atoms with E-state index >= 15 is 0 Å². The van der Waals surface area contributed by atoms with Crippen LogP contribution in [-0.4, -0.2) is 29.3 Å². The van der Waals surface area contributed by atoms with E-state index in [9.17, 15) is 64.7 Å². The molecule has 5 fully saturated rings. The Bertz CT molecular complexity index is 7180. The number of halogens is 6. The molecule has 116 heavy (non-hydrogen) atoms. The van der Waals surface area contributed by atoms with E-state index in [4.69, 9.17) is 9.98 Å². The van der Waals surface area contributed by atoms with Crippen LogP contribution in [-0.2, 0) is 42.2 Å². The number of rotatable bonds is 5. The third kappa shape index (κ3) is 9.44. The number of hydrogen-bond donors (Lipinski definition) is 0. The monoisotopic (exact) mass is 1690 g/mol. The van der Waals surface area contributed by atoms with Gasteiger partial charge in [-0.15, -0.1) is 90.7 Å². The van der Waals surface area contributed by atoms with Crippen molar-refractivity contribution in [2.75, 3.05) is 0 Å². The summed E-state index contributed by atoms with van der Waals surface area (Å²) in [7, 11) is 0. The first kappa shape index (κ1) is 71.2. The summed E-state index contributed by atoms with van der Waals surface area (Å²) in [5, 5.41) is 2.64. The highest BCUT2D eigenvalue weighted by Gasteiger charge is 2.59. The van der Waals surface area contributed by atoms with E-state index in [1.807, 2.05) is 45.3 Å². The Morgan fingerprint density at radius 1 is 0.397 bits per heavy atom. The molecule has 8 heterocycles. The Morgan fingerprint density at radius 2 is 0.845 bits per heavy atom. The molecule has 4 spiro atoms. The molecule has 5 saturated carbocycles. The lowest BCUT2D eigenvalue weighted by molar-refractivity contribution is -0.137. The van der Waals surface area contributed by atoms with E-state index < -0.39 is 69.3 Å². The van der Waals surface area contributed by atoms with Crippen molar-refractivity contribution < 1.29 is 45.5 Å². The van der Waals surface area contributed by atoms with Crippen molar-refractivity contribution in [1.82, 2.24) is 0 Å². The largest absolute Gasteiger partial charge is 0.416 e. The van der Waals surface area contributed by atoms with Gasteiger partial charge in [0.1, 0.15) is 10.0 Å². The topological polar surface area (TPSA) is 161 Å². The van der Waals surface area contributed by atoms with E-state index in [-0.39, 0.29) is 77.4 Å². The lowest BCUT2D eigenvalue weighted by atomic mass is 9.58. The van der Waals surface area contributed by atoms with Gasteiger partial charge in [0.05, 0.1) is 65.1 Å². The van der Waals surface area contributed by atoms with Gasteiger partial charge in [-0.25, -0.2) is 9.98 Å². The molecule has 4 unspecified atom stereocenters. The quantitative estimate of drug-likeness (QED) is 0.0934. The van der Waals surface area contributed by atoms with Crippen LogP contribution in [0.1, 0.15) is 191 Å². The molecular formula is C92H60F6N2O8S8. The van der Waals surface area contributed by atoms with Gasteiger partial charge in [-0.2, -0.15) is 26.3 Å². The van der Waals surface area contributed by atoms with Crippen molar-refractivity contribution >= 4 is 182 Å². The van der Waals surface area contributed by atoms with Crippen LogP contribution in [0, 0.1) is 23.7 Å². The second kappa shape index (κ2) is 24.4. The molecule has 5 aromatic carbocycles. The molecule has 0 amide bonds. The molecule has 8 aromatic heterocycles. The predicted octanol–water partition coefficient (Wildman–Crippen LogP) is 22.7. The van der Waals surface area contributed by atoms with Crippen LogP contribution in [0.5, 0.6) is 0 Å². The summed E-state index contributed by atoms with van der Waals surface area (Å²) in [5.41, 5.74) is 5.31. The van der Waals surface area contributed by atoms with Gasteiger partial charge < -0.3 is 0 Å². The van der Waals surface area contributed by atoms with Gasteiger partial charge in [0.25, 0.3) is 0 Å². The van der Waals surface area contributed by atoms with Crippen molar-refractivity contribution in [3.63, 3.8) is 0 Å². The summed E-state index contributed by atoms with van der Waals surface area (Å²) < 4.78 is 89.5. The van der Waals surface area contributed by atoms with E-state index in [0.717, 1.165) is 175 Å². The maximum absolute atomic E-state index is 14.1. The van der Waals surface area contributed by atoms with Crippen molar-refractivity contribution in [2.45, 2.75) is 150 Å². The minimum Gasteiger partial charge on any atom is -0.290 e. The number of fused-ring (bicyclic) bond motifs is 30. The molecule has 0 aliphatic heterocycles. The molecule has 576 valence electrons. The van der Waals surface area contributed by atoms with Crippen molar-refractivity contribution in [2.24, 2.45) is 33.7 Å². The minimum atomic E-state index is -4.73. The van der Waals surface area contributed by atoms with E-state index in [1.54, 1.807) is 106 Å². The maximum Gasteiger partial charge on any atom is 0.416 e. The molecule has 4 atom stereocenters. The molecule has 10 nitrogen and oxygen atoms in total. The van der Waals surface area contributed by atoms with Crippen LogP contribution in [0.25, 0.3) is 97.1 Å². The van der Waals surface area contributed by atoms with E-state index in [1.165, 1.54) is 89.4 Å². The summed E-state index contributed by atoms with van der Waals surface area (Å²) in [6, 6.07) is 25.5. The number of carbonyl (C=O) groups excluding carboxylic acids is 4. The highest BCUT2D eigenvalue weighted by molar-refractivity contribution is 7.36. The van der Waals surface area contributed by atoms with Crippen LogP contribution in [0.3, 0.4) is 0 Å². The average molecular weight is 1690 g/mol. The SMILES string of the molecule is O=C1C(=O)c2cc(C(F)(F)F)ccc2/C1=C/c1cc2c(s1)-c1sc3c4c(sc3c1C21CCC(C2CCCC3(C2)c2cc(N=c5c(=O)c6ccccc6c5=O)sc2-c2sc5c6c(sc5c23)-c2sc(N=c3c(=O)c5ccccc5c3=O)cc2C62CCCCC2)CC1)-c1sc(/C=C2\C(=O)C(=O)C3C=C(C(F)(F)F)C=CC23)cc1C41CCCCC1. The molecule has 24 heteroatoms. The van der Waals surface area contributed by atoms with Crippen molar-refractivity contribution in [3.8, 4) is 39.0 Å². The third-order valence-electron chi connectivity index (χ3n) is 28.3. The Labute approximate surface area is 687 Å². The van der Waals surface area contributed by atoms with Crippen LogP contribution >= 0.6 is 90.7 Å². The van der Waals surface area contributed by atoms with Gasteiger partial charge in [-0.3, -0.25) is 38.4 Å². The first-order chi connectivity index (χ1) is 55.9. The highest BCUT2D eigenvalue weighted by atomic mass is 32.1. The lowest BCUT2D eigenvalue weighted by Crippen LogP contribution is -2.38. The van der Waals surface area contributed by atoms with Crippen molar-refractivity contribution in [1.29, 1.82) is 0 Å². The number of alkyl halides is 6. The predicted molar refractivity (Wildman–Crippen MR) is 451 cm³/mol. The molecule has 11 aliphatic carbocycles. The lowest BCUT2D eigenvalue weighted by Gasteiger charge is -2.46. The van der Waals surface area contributed by atoms with Gasteiger partial charge in [-0.1, -0.05) is 124 Å². The van der Waals surface area contributed by atoms with Crippen LogP contribution < -0.4 is 32.4 Å². The smallest absolute Gasteiger partial charge is 0.290 e. The molecule has 0 bridgehead atoms. The van der Waals surface area contributed by atoms with Gasteiger partial charge in [-0.05, 0) is 152 Å². The summed E-state index contributed by atoms with van der Waals surface area (Å²) in [6.45, 7) is 0. The fraction of sp³-hybridized carbons (Fsp3) is 0.304. The van der Waals surface area contributed by atoms with Crippen molar-refractivity contribution in [3.05, 3.63) is 243 Å². The number of Topliss-reactive ketones (excluding diaryl/α,β-unsaturated/α-hetero) is 4. The average Bonchev–Trinajstić information content (AvgIpc) is 1.50. The zero-order chi connectivity index (χ0) is 78.7. The number of carbonyl (C=O) groups is 4. The van der Waals surface area contributed by atoms with E-state index in [0.29, 0.717) is 31.5 Å². The highest BCUT2D eigenvalue weighted by Crippen LogP contribution is 2.74. The molecule has 11 aliphatic rings. The number of allylic oxidation sites excluding steroid dienone is 6. The van der Waals surface area contributed by atoms with E-state index in [2.05, 4.69) is 24.3 Å². The zero-order valence-electron chi connectivity index (χ0n) is 61.3. The fourth-order valence-electron chi connectivity index (χ4n) is 23.2. The van der Waals surface area contributed by atoms with Gasteiger partial charge in [0, 0.05) is 108 Å². The number of ketones is 4. The number of thiophene rings is 8. The molecule has 0 saturated heterocycles. The second-order valence-electron chi connectivity index (χ2n) is 33.7. The fourth-order valence-corrected chi connectivity index (χ4v) is 35.1. The summed E-state index contributed by atoms with van der Waals surface area (Å²) >= 11 is 13.7. The van der Waals surface area contributed by atoms with Gasteiger partial charge in [0.15, 0.2) is 10.7 Å². The Morgan fingerprint density at radius 3 is 1.34 bits per heavy atom. The van der Waals surface area contributed by atoms with Gasteiger partial charge in [0.2, 0.25) is 44.8 Å². The zero-order valence-corrected chi connectivity index (χ0v) is 67.8. The Hall–Kier alpha value is -8.98. The molecule has 13 aromatic rings. The standard InChI is InChI=1S/C92H60F6N2O8S8/c93-91(94,95)41-17-19-45-51(30-41)71(105)73(107)53(45)32-43-34-55-75(109-43)79-61(87(55)23-7-1-8-24-87)83-85(113-79)63-80(114-83)76-56(35-44(110-76)33-54-46-20-18-42(92(96,97)98)31-52(46)72(106)74(54)108)89(63)28-21-39(22-29-89)40-12-11-27-90(38-40)58-37-60(100-66-69(103)49-15-5-6-16-50(49)70(66)104)112-78(58)82-64(90)86-84(116-82)62-81(115-86)77-57(88(62)25-9-2-10-26-88)36-59(111-77)99-65-67(101)47-13-3-4-14-48(47)68(65)102/h3-6,13-20,30-37,39-40,45,51H,1-2,7-12,21-29,38H2/b53-32-,54-33-. The van der Waals surface area contributed by atoms with Gasteiger partial charge >= 0.3 is 12.4 Å². The first-order valence-electron chi connectivity index (χ1n) is 39.6.